The molecule has 2 aromatic carbocycles. The molecule has 0 radical (unpaired) electrons. The molecule has 1 saturated heterocycles. The van der Waals surface area contributed by atoms with Gasteiger partial charge < -0.3 is 4.74 Å². The average molecular weight is 428 g/mol. The van der Waals surface area contributed by atoms with E-state index in [9.17, 15) is 13.2 Å². The molecule has 8 heteroatoms. The lowest BCUT2D eigenvalue weighted by atomic mass is 10.1. The van der Waals surface area contributed by atoms with Gasteiger partial charge in [-0.15, -0.1) is 0 Å². The highest BCUT2D eigenvalue weighted by Crippen LogP contribution is 2.18. The number of hydrogen-bond donors (Lipinski definition) is 1. The molecular formula is C22H25N3O4S. The lowest BCUT2D eigenvalue weighted by Gasteiger charge is -2.26. The van der Waals surface area contributed by atoms with Gasteiger partial charge in [-0.3, -0.25) is 4.79 Å². The molecule has 0 saturated carbocycles. The summed E-state index contributed by atoms with van der Waals surface area (Å²) >= 11 is 0. The van der Waals surface area contributed by atoms with E-state index in [1.54, 1.807) is 30.3 Å². The Hall–Kier alpha value is -2.81. The van der Waals surface area contributed by atoms with Crippen LogP contribution in [0.25, 0.3) is 6.08 Å². The van der Waals surface area contributed by atoms with Crippen molar-refractivity contribution in [2.45, 2.75) is 17.7 Å². The number of allylic oxidation sites excluding steroid dienone is 1. The molecule has 158 valence electrons. The van der Waals surface area contributed by atoms with Crippen LogP contribution in [0.15, 0.2) is 70.7 Å². The summed E-state index contributed by atoms with van der Waals surface area (Å²) in [7, 11) is -3.50. The molecule has 0 bridgehead atoms. The van der Waals surface area contributed by atoms with E-state index in [1.807, 2.05) is 36.4 Å². The fourth-order valence-electron chi connectivity index (χ4n) is 2.95. The second-order valence-electron chi connectivity index (χ2n) is 6.74. The molecule has 1 amide bonds. The first kappa shape index (κ1) is 21.9. The van der Waals surface area contributed by atoms with Gasteiger partial charge in [-0.25, -0.2) is 13.8 Å². The topological polar surface area (TPSA) is 88.1 Å². The molecule has 1 heterocycles. The number of carbonyl (C=O) groups excluding carboxylic acids is 1. The SMILES string of the molecule is O=C(CCc1ccc(S(=O)(=O)N2CCOCC2)cc1)N/N=C/C=C/c1ccccc1. The Morgan fingerprint density at radius 2 is 1.77 bits per heavy atom. The Bertz CT molecular complexity index is 981. The quantitative estimate of drug-likeness (QED) is 0.518. The lowest BCUT2D eigenvalue weighted by Crippen LogP contribution is -2.40. The summed E-state index contributed by atoms with van der Waals surface area (Å²) < 4.78 is 31.9. The smallest absolute Gasteiger partial charge is 0.243 e. The van der Waals surface area contributed by atoms with E-state index in [1.165, 1.54) is 10.5 Å². The van der Waals surface area contributed by atoms with E-state index < -0.39 is 10.0 Å². The number of hydrogen-bond acceptors (Lipinski definition) is 5. The van der Waals surface area contributed by atoms with Crippen LogP contribution >= 0.6 is 0 Å². The number of carbonyl (C=O) groups is 1. The zero-order chi connectivity index (χ0) is 21.2. The van der Waals surface area contributed by atoms with Crippen molar-refractivity contribution in [2.75, 3.05) is 26.3 Å². The zero-order valence-corrected chi connectivity index (χ0v) is 17.4. The van der Waals surface area contributed by atoms with Gasteiger partial charge in [0.15, 0.2) is 0 Å². The van der Waals surface area contributed by atoms with Crippen molar-refractivity contribution in [3.8, 4) is 0 Å². The number of benzene rings is 2. The highest BCUT2D eigenvalue weighted by atomic mass is 32.2. The maximum absolute atomic E-state index is 12.6. The molecule has 1 aliphatic rings. The molecule has 3 rings (SSSR count). The summed E-state index contributed by atoms with van der Waals surface area (Å²) in [5.41, 5.74) is 4.42. The maximum atomic E-state index is 12.6. The zero-order valence-electron chi connectivity index (χ0n) is 16.6. The number of rotatable bonds is 8. The largest absolute Gasteiger partial charge is 0.379 e. The maximum Gasteiger partial charge on any atom is 0.243 e. The van der Waals surface area contributed by atoms with Crippen LogP contribution in [-0.2, 0) is 26.0 Å². The van der Waals surface area contributed by atoms with Gasteiger partial charge in [-0.05, 0) is 35.8 Å². The molecule has 1 fully saturated rings. The Kier molecular flexibility index (Phi) is 7.89. The Balaban J connectivity index is 1.44. The molecule has 7 nitrogen and oxygen atoms in total. The molecule has 0 aliphatic carbocycles. The third-order valence-electron chi connectivity index (χ3n) is 4.61. The third kappa shape index (κ3) is 6.35. The minimum atomic E-state index is -3.50. The average Bonchev–Trinajstić information content (AvgIpc) is 2.79. The minimum absolute atomic E-state index is 0.204. The second kappa shape index (κ2) is 10.8. The van der Waals surface area contributed by atoms with Gasteiger partial charge in [0, 0.05) is 25.7 Å². The number of aryl methyl sites for hydroxylation is 1. The Morgan fingerprint density at radius 3 is 2.47 bits per heavy atom. The van der Waals surface area contributed by atoms with Crippen molar-refractivity contribution < 1.29 is 17.9 Å². The summed E-state index contributed by atoms with van der Waals surface area (Å²) in [5, 5.41) is 3.89. The molecule has 0 unspecified atom stereocenters. The van der Waals surface area contributed by atoms with Crippen molar-refractivity contribution in [2.24, 2.45) is 5.10 Å². The number of morpholine rings is 1. The van der Waals surface area contributed by atoms with Crippen molar-refractivity contribution in [1.82, 2.24) is 9.73 Å². The first-order valence-electron chi connectivity index (χ1n) is 9.76. The van der Waals surface area contributed by atoms with Gasteiger partial charge in [0.2, 0.25) is 15.9 Å². The van der Waals surface area contributed by atoms with Crippen LogP contribution in [-0.4, -0.2) is 51.1 Å². The first-order valence-corrected chi connectivity index (χ1v) is 11.2. The second-order valence-corrected chi connectivity index (χ2v) is 8.68. The number of hydrazone groups is 1. The van der Waals surface area contributed by atoms with Crippen LogP contribution < -0.4 is 5.43 Å². The summed E-state index contributed by atoms with van der Waals surface area (Å²) in [6.45, 7) is 1.56. The minimum Gasteiger partial charge on any atom is -0.379 e. The van der Waals surface area contributed by atoms with Crippen LogP contribution in [0.1, 0.15) is 17.5 Å². The predicted octanol–water partition coefficient (Wildman–Crippen LogP) is 2.46. The van der Waals surface area contributed by atoms with E-state index in [0.29, 0.717) is 32.7 Å². The van der Waals surface area contributed by atoms with E-state index in [-0.39, 0.29) is 17.2 Å². The molecule has 2 aromatic rings. The molecule has 30 heavy (non-hydrogen) atoms. The standard InChI is InChI=1S/C22H25N3O4S/c26-22(24-23-14-4-7-19-5-2-1-3-6-19)13-10-20-8-11-21(12-9-20)30(27,28)25-15-17-29-18-16-25/h1-9,11-12,14H,10,13,15-18H2,(H,24,26)/b7-4+,23-14+. The van der Waals surface area contributed by atoms with E-state index in [4.69, 9.17) is 4.74 Å². The molecule has 0 spiro atoms. The summed E-state index contributed by atoms with van der Waals surface area (Å²) in [5.74, 6) is -0.204. The molecular weight excluding hydrogens is 402 g/mol. The van der Waals surface area contributed by atoms with Gasteiger partial charge in [0.05, 0.1) is 18.1 Å². The van der Waals surface area contributed by atoms with Crippen molar-refractivity contribution in [3.63, 3.8) is 0 Å². The molecule has 1 aliphatic heterocycles. The normalized spacial score (nSPS) is 15.6. The highest BCUT2D eigenvalue weighted by Gasteiger charge is 2.26. The molecule has 0 aromatic heterocycles. The van der Waals surface area contributed by atoms with Crippen LogP contribution in [0.4, 0.5) is 0 Å². The van der Waals surface area contributed by atoms with Gasteiger partial charge >= 0.3 is 0 Å². The van der Waals surface area contributed by atoms with Crippen LogP contribution in [0.3, 0.4) is 0 Å². The lowest BCUT2D eigenvalue weighted by molar-refractivity contribution is -0.121. The monoisotopic (exact) mass is 427 g/mol. The van der Waals surface area contributed by atoms with Crippen molar-refractivity contribution >= 4 is 28.2 Å². The van der Waals surface area contributed by atoms with Crippen LogP contribution in [0.5, 0.6) is 0 Å². The highest BCUT2D eigenvalue weighted by molar-refractivity contribution is 7.89. The van der Waals surface area contributed by atoms with Crippen LogP contribution in [0.2, 0.25) is 0 Å². The van der Waals surface area contributed by atoms with Gasteiger partial charge in [-0.2, -0.15) is 9.41 Å². The fraction of sp³-hybridized carbons (Fsp3) is 0.273. The van der Waals surface area contributed by atoms with Gasteiger partial charge in [-0.1, -0.05) is 48.5 Å². The van der Waals surface area contributed by atoms with Gasteiger partial charge in [0.1, 0.15) is 0 Å². The number of amides is 1. The van der Waals surface area contributed by atoms with Crippen molar-refractivity contribution in [1.29, 1.82) is 0 Å². The van der Waals surface area contributed by atoms with Crippen LogP contribution in [0, 0.1) is 0 Å². The fourth-order valence-corrected chi connectivity index (χ4v) is 4.36. The Labute approximate surface area is 177 Å². The number of sulfonamides is 1. The van der Waals surface area contributed by atoms with Crippen molar-refractivity contribution in [3.05, 3.63) is 71.8 Å². The Morgan fingerprint density at radius 1 is 1.07 bits per heavy atom. The number of nitrogens with one attached hydrogen (secondary N) is 1. The van der Waals surface area contributed by atoms with Gasteiger partial charge in [0.25, 0.3) is 0 Å². The van der Waals surface area contributed by atoms with E-state index in [0.717, 1.165) is 11.1 Å². The third-order valence-corrected chi connectivity index (χ3v) is 6.52. The molecule has 1 N–H and O–H groups in total. The number of ether oxygens (including phenoxy) is 1. The van der Waals surface area contributed by atoms with E-state index in [2.05, 4.69) is 10.5 Å². The first-order chi connectivity index (χ1) is 14.6. The predicted molar refractivity (Wildman–Crippen MR) is 116 cm³/mol. The summed E-state index contributed by atoms with van der Waals surface area (Å²) in [6.07, 6.45) is 5.93. The summed E-state index contributed by atoms with van der Waals surface area (Å²) in [6, 6.07) is 16.4. The number of nitrogens with zero attached hydrogens (tertiary/aromatic N) is 2. The molecule has 0 atom stereocenters. The van der Waals surface area contributed by atoms with E-state index >= 15 is 0 Å². The summed E-state index contributed by atoms with van der Waals surface area (Å²) in [4.78, 5) is 12.2.